The van der Waals surface area contributed by atoms with Gasteiger partial charge in [0.25, 0.3) is 0 Å². The fraction of sp³-hybridized carbons (Fsp3) is 0.778. The summed E-state index contributed by atoms with van der Waals surface area (Å²) in [6, 6.07) is 2.18. The molecule has 3 fully saturated rings. The number of hydrogen-bond donors (Lipinski definition) is 1. The van der Waals surface area contributed by atoms with Gasteiger partial charge in [0.15, 0.2) is 0 Å². The molecular formula is C18H28N4O2. The molecule has 0 spiro atoms. The molecule has 6 nitrogen and oxygen atoms in total. The van der Waals surface area contributed by atoms with Gasteiger partial charge >= 0.3 is 0 Å². The van der Waals surface area contributed by atoms with Crippen molar-refractivity contribution >= 4 is 11.8 Å². The Morgan fingerprint density at radius 2 is 1.75 bits per heavy atom. The molecule has 1 aromatic heterocycles. The minimum atomic E-state index is -0.239. The van der Waals surface area contributed by atoms with Gasteiger partial charge in [0.2, 0.25) is 5.95 Å². The molecule has 3 aliphatic heterocycles. The third-order valence-electron chi connectivity index (χ3n) is 5.39. The predicted octanol–water partition coefficient (Wildman–Crippen LogP) is 1.93. The van der Waals surface area contributed by atoms with Gasteiger partial charge in [0.05, 0.1) is 18.4 Å². The summed E-state index contributed by atoms with van der Waals surface area (Å²) in [7, 11) is 0. The first-order valence-electron chi connectivity index (χ1n) is 9.44. The van der Waals surface area contributed by atoms with Crippen LogP contribution in [0, 0.1) is 0 Å². The maximum absolute atomic E-state index is 9.62. The van der Waals surface area contributed by atoms with E-state index in [0.717, 1.165) is 50.2 Å². The quantitative estimate of drug-likeness (QED) is 0.913. The van der Waals surface area contributed by atoms with Gasteiger partial charge in [-0.25, -0.2) is 4.98 Å². The van der Waals surface area contributed by atoms with Crippen LogP contribution in [-0.4, -0.2) is 60.6 Å². The fourth-order valence-corrected chi connectivity index (χ4v) is 3.82. The molecule has 0 saturated carbocycles. The fourth-order valence-electron chi connectivity index (χ4n) is 3.82. The number of rotatable bonds is 3. The van der Waals surface area contributed by atoms with Crippen molar-refractivity contribution in [2.24, 2.45) is 0 Å². The van der Waals surface area contributed by atoms with Crippen molar-refractivity contribution in [2.75, 3.05) is 49.2 Å². The number of hydrogen-bond acceptors (Lipinski definition) is 6. The number of anilines is 2. The summed E-state index contributed by atoms with van der Waals surface area (Å²) in [6.07, 6.45) is 7.27. The first-order chi connectivity index (χ1) is 11.8. The summed E-state index contributed by atoms with van der Waals surface area (Å²) in [5.41, 5.74) is 1.11. The molecule has 0 amide bonds. The smallest absolute Gasteiger partial charge is 0.227 e. The molecule has 1 N–H and O–H groups in total. The van der Waals surface area contributed by atoms with Crippen molar-refractivity contribution < 1.29 is 9.84 Å². The molecule has 132 valence electrons. The van der Waals surface area contributed by atoms with E-state index in [1.807, 2.05) is 0 Å². The van der Waals surface area contributed by atoms with Crippen molar-refractivity contribution in [2.45, 2.75) is 50.5 Å². The lowest BCUT2D eigenvalue weighted by molar-refractivity contribution is 0.140. The second-order valence-corrected chi connectivity index (χ2v) is 7.33. The Kier molecular flexibility index (Phi) is 4.85. The Morgan fingerprint density at radius 3 is 2.42 bits per heavy atom. The number of nitrogens with zero attached hydrogens (tertiary/aromatic N) is 4. The van der Waals surface area contributed by atoms with E-state index < -0.39 is 0 Å². The van der Waals surface area contributed by atoms with Crippen LogP contribution in [-0.2, 0) is 4.74 Å². The van der Waals surface area contributed by atoms with Crippen molar-refractivity contribution in [1.82, 2.24) is 9.97 Å². The Bertz CT molecular complexity index is 548. The average molecular weight is 332 g/mol. The molecule has 3 saturated heterocycles. The Hall–Kier alpha value is -1.40. The van der Waals surface area contributed by atoms with Crippen molar-refractivity contribution in [3.63, 3.8) is 0 Å². The summed E-state index contributed by atoms with van der Waals surface area (Å²) in [4.78, 5) is 14.2. The highest BCUT2D eigenvalue weighted by atomic mass is 16.5. The SMILES string of the molecule is OC1CN(c2nc(C3CCOC3)cc(N3CCCCCCC3)n2)C1. The summed E-state index contributed by atoms with van der Waals surface area (Å²) < 4.78 is 5.56. The van der Waals surface area contributed by atoms with Gasteiger partial charge in [-0.15, -0.1) is 0 Å². The van der Waals surface area contributed by atoms with E-state index in [1.165, 1.54) is 32.1 Å². The zero-order chi connectivity index (χ0) is 16.4. The van der Waals surface area contributed by atoms with E-state index in [9.17, 15) is 5.11 Å². The highest BCUT2D eigenvalue weighted by Gasteiger charge is 2.29. The number of β-amino-alcohol motifs (C(OH)–C–C–N with tert-alkyl or cyclic N) is 1. The summed E-state index contributed by atoms with van der Waals surface area (Å²) in [5.74, 6) is 2.22. The van der Waals surface area contributed by atoms with Crippen LogP contribution in [0.2, 0.25) is 0 Å². The van der Waals surface area contributed by atoms with Crippen molar-refractivity contribution in [3.05, 3.63) is 11.8 Å². The molecule has 1 atom stereocenters. The van der Waals surface area contributed by atoms with E-state index in [0.29, 0.717) is 19.0 Å². The Labute approximate surface area is 143 Å². The molecule has 1 unspecified atom stereocenters. The normalized spacial score (nSPS) is 26.1. The molecule has 0 bridgehead atoms. The van der Waals surface area contributed by atoms with Crippen LogP contribution in [0.1, 0.15) is 50.1 Å². The molecule has 0 aliphatic carbocycles. The van der Waals surface area contributed by atoms with Crippen LogP contribution in [0.3, 0.4) is 0 Å². The van der Waals surface area contributed by atoms with Gasteiger partial charge in [-0.2, -0.15) is 4.98 Å². The second-order valence-electron chi connectivity index (χ2n) is 7.33. The molecule has 0 aromatic carbocycles. The van der Waals surface area contributed by atoms with Crippen LogP contribution < -0.4 is 9.80 Å². The number of aromatic nitrogens is 2. The summed E-state index contributed by atoms with van der Waals surface area (Å²) in [5, 5.41) is 9.62. The van der Waals surface area contributed by atoms with Crippen molar-refractivity contribution in [3.8, 4) is 0 Å². The van der Waals surface area contributed by atoms with Gasteiger partial charge in [0.1, 0.15) is 5.82 Å². The molecule has 1 aromatic rings. The van der Waals surface area contributed by atoms with Crippen LogP contribution >= 0.6 is 0 Å². The molecule has 4 heterocycles. The third-order valence-corrected chi connectivity index (χ3v) is 5.39. The molecule has 24 heavy (non-hydrogen) atoms. The Balaban J connectivity index is 1.60. The van der Waals surface area contributed by atoms with Gasteiger partial charge in [0, 0.05) is 44.8 Å². The van der Waals surface area contributed by atoms with Crippen LogP contribution in [0.25, 0.3) is 0 Å². The van der Waals surface area contributed by atoms with Gasteiger partial charge in [-0.05, 0) is 19.3 Å². The monoisotopic (exact) mass is 332 g/mol. The molecule has 6 heteroatoms. The van der Waals surface area contributed by atoms with E-state index in [2.05, 4.69) is 15.9 Å². The molecule has 4 rings (SSSR count). The maximum Gasteiger partial charge on any atom is 0.227 e. The first kappa shape index (κ1) is 16.1. The number of aliphatic hydroxyl groups is 1. The standard InChI is InChI=1S/C18H28N4O2/c23-15-11-22(12-15)18-19-16(14-6-9-24-13-14)10-17(20-18)21-7-4-2-1-3-5-8-21/h10,14-15,23H,1-9,11-13H2. The Morgan fingerprint density at radius 1 is 1.00 bits per heavy atom. The van der Waals surface area contributed by atoms with Gasteiger partial charge in [-0.3, -0.25) is 0 Å². The number of ether oxygens (including phenoxy) is 1. The predicted molar refractivity (Wildman–Crippen MR) is 93.7 cm³/mol. The van der Waals surface area contributed by atoms with E-state index in [1.54, 1.807) is 0 Å². The highest BCUT2D eigenvalue weighted by Crippen LogP contribution is 2.30. The van der Waals surface area contributed by atoms with E-state index in [-0.39, 0.29) is 6.10 Å². The minimum Gasteiger partial charge on any atom is -0.389 e. The topological polar surface area (TPSA) is 61.7 Å². The van der Waals surface area contributed by atoms with E-state index in [4.69, 9.17) is 14.7 Å². The lowest BCUT2D eigenvalue weighted by atomic mass is 10.0. The zero-order valence-corrected chi connectivity index (χ0v) is 14.4. The highest BCUT2D eigenvalue weighted by molar-refractivity contribution is 5.48. The van der Waals surface area contributed by atoms with Crippen molar-refractivity contribution in [1.29, 1.82) is 0 Å². The van der Waals surface area contributed by atoms with E-state index >= 15 is 0 Å². The third kappa shape index (κ3) is 3.49. The van der Waals surface area contributed by atoms with Crippen LogP contribution in [0.5, 0.6) is 0 Å². The maximum atomic E-state index is 9.62. The average Bonchev–Trinajstić information content (AvgIpc) is 3.05. The van der Waals surface area contributed by atoms with Crippen LogP contribution in [0.4, 0.5) is 11.8 Å². The summed E-state index contributed by atoms with van der Waals surface area (Å²) >= 11 is 0. The largest absolute Gasteiger partial charge is 0.389 e. The number of aliphatic hydroxyl groups excluding tert-OH is 1. The van der Waals surface area contributed by atoms with Crippen LogP contribution in [0.15, 0.2) is 6.07 Å². The molecule has 3 aliphatic rings. The van der Waals surface area contributed by atoms with Gasteiger partial charge < -0.3 is 19.6 Å². The zero-order valence-electron chi connectivity index (χ0n) is 14.4. The van der Waals surface area contributed by atoms with Gasteiger partial charge in [-0.1, -0.05) is 19.3 Å². The second kappa shape index (κ2) is 7.23. The molecular weight excluding hydrogens is 304 g/mol. The summed E-state index contributed by atoms with van der Waals surface area (Å²) in [6.45, 7) is 5.04. The minimum absolute atomic E-state index is 0.239. The lowest BCUT2D eigenvalue weighted by Gasteiger charge is -2.37. The first-order valence-corrected chi connectivity index (χ1v) is 9.44. The molecule has 0 radical (unpaired) electrons. The lowest BCUT2D eigenvalue weighted by Crippen LogP contribution is -2.51.